The van der Waals surface area contributed by atoms with E-state index in [1.165, 1.54) is 38.5 Å². The van der Waals surface area contributed by atoms with Crippen molar-refractivity contribution in [1.82, 2.24) is 0 Å². The summed E-state index contributed by atoms with van der Waals surface area (Å²) in [5.41, 5.74) is -0.436. The molecular formula is C22H47O3P. The van der Waals surface area contributed by atoms with Crippen LogP contribution < -0.4 is 0 Å². The molecule has 4 heteroatoms. The molecule has 0 fully saturated rings. The maximum Gasteiger partial charge on any atom is 0.328 e. The topological polar surface area (TPSA) is 57.5 Å². The number of rotatable bonds is 17. The van der Waals surface area contributed by atoms with Gasteiger partial charge in [0.05, 0.1) is 5.66 Å². The number of hydrogen-bond donors (Lipinski definition) is 2. The third-order valence-electron chi connectivity index (χ3n) is 6.19. The Bertz CT molecular complexity index is 348. The van der Waals surface area contributed by atoms with Crippen molar-refractivity contribution in [2.75, 3.05) is 0 Å². The standard InChI is InChI=1S/C22H47O3P/c1-6-11-14-19(9-4)17-21(18-20(10-5)15-12-7-2)22(16-13-8-3)26(23,24)25/h19-22H,6-18H2,1-5H3,(H2,23,24,25). The van der Waals surface area contributed by atoms with Gasteiger partial charge < -0.3 is 9.79 Å². The zero-order valence-corrected chi connectivity index (χ0v) is 19.1. The lowest BCUT2D eigenvalue weighted by Gasteiger charge is -2.33. The third kappa shape index (κ3) is 11.1. The summed E-state index contributed by atoms with van der Waals surface area (Å²) in [4.78, 5) is 20.2. The molecule has 0 aliphatic carbocycles. The molecule has 26 heavy (non-hydrogen) atoms. The molecule has 3 atom stereocenters. The minimum atomic E-state index is -4.05. The van der Waals surface area contributed by atoms with Crippen LogP contribution in [0.4, 0.5) is 0 Å². The first kappa shape index (κ1) is 26.1. The fraction of sp³-hybridized carbons (Fsp3) is 1.00. The second-order valence-electron chi connectivity index (χ2n) is 8.36. The first-order valence-corrected chi connectivity index (χ1v) is 13.1. The summed E-state index contributed by atoms with van der Waals surface area (Å²) >= 11 is 0. The Morgan fingerprint density at radius 1 is 0.692 bits per heavy atom. The second-order valence-corrected chi connectivity index (χ2v) is 10.2. The van der Waals surface area contributed by atoms with Crippen LogP contribution in [0, 0.1) is 17.8 Å². The van der Waals surface area contributed by atoms with Gasteiger partial charge in [0.25, 0.3) is 0 Å². The van der Waals surface area contributed by atoms with E-state index in [4.69, 9.17) is 0 Å². The molecule has 0 heterocycles. The lowest BCUT2D eigenvalue weighted by Crippen LogP contribution is -2.26. The molecule has 0 rings (SSSR count). The SMILES string of the molecule is CCCCC(CC)CC(CC(CC)CCCC)C(CCCC)P(=O)(O)O. The Hall–Kier alpha value is 0.150. The summed E-state index contributed by atoms with van der Waals surface area (Å²) in [5, 5.41) is 0. The highest BCUT2D eigenvalue weighted by atomic mass is 31.2. The van der Waals surface area contributed by atoms with Crippen LogP contribution >= 0.6 is 7.60 Å². The monoisotopic (exact) mass is 390 g/mol. The molecule has 0 saturated heterocycles. The maximum atomic E-state index is 12.3. The summed E-state index contributed by atoms with van der Waals surface area (Å²) in [5.74, 6) is 1.39. The largest absolute Gasteiger partial charge is 0.328 e. The van der Waals surface area contributed by atoms with E-state index in [0.717, 1.165) is 38.5 Å². The quantitative estimate of drug-likeness (QED) is 0.252. The van der Waals surface area contributed by atoms with E-state index in [0.29, 0.717) is 18.3 Å². The van der Waals surface area contributed by atoms with Gasteiger partial charge in [-0.3, -0.25) is 4.57 Å². The van der Waals surface area contributed by atoms with Crippen molar-refractivity contribution >= 4 is 7.60 Å². The number of hydrogen-bond acceptors (Lipinski definition) is 1. The molecule has 0 aromatic heterocycles. The van der Waals surface area contributed by atoms with Crippen molar-refractivity contribution in [2.45, 2.75) is 124 Å². The van der Waals surface area contributed by atoms with Gasteiger partial charge in [0.1, 0.15) is 0 Å². The van der Waals surface area contributed by atoms with E-state index >= 15 is 0 Å². The first-order valence-electron chi connectivity index (χ1n) is 11.4. The second kappa shape index (κ2) is 15.1. The van der Waals surface area contributed by atoms with Crippen LogP contribution in [-0.4, -0.2) is 15.4 Å². The third-order valence-corrected chi connectivity index (χ3v) is 7.73. The minimum Gasteiger partial charge on any atom is -0.324 e. The zero-order valence-electron chi connectivity index (χ0n) is 18.3. The average molecular weight is 391 g/mol. The van der Waals surface area contributed by atoms with Crippen LogP contribution in [0.3, 0.4) is 0 Å². The molecule has 0 aromatic carbocycles. The molecule has 3 nitrogen and oxygen atoms in total. The van der Waals surface area contributed by atoms with Crippen molar-refractivity contribution in [1.29, 1.82) is 0 Å². The highest BCUT2D eigenvalue weighted by molar-refractivity contribution is 7.52. The van der Waals surface area contributed by atoms with Crippen LogP contribution in [0.1, 0.15) is 118 Å². The minimum absolute atomic E-state index is 0.172. The highest BCUT2D eigenvalue weighted by Gasteiger charge is 2.37. The molecular weight excluding hydrogens is 343 g/mol. The van der Waals surface area contributed by atoms with Gasteiger partial charge in [-0.25, -0.2) is 0 Å². The van der Waals surface area contributed by atoms with Crippen LogP contribution in [0.5, 0.6) is 0 Å². The van der Waals surface area contributed by atoms with Gasteiger partial charge in [-0.2, -0.15) is 0 Å². The van der Waals surface area contributed by atoms with Gasteiger partial charge in [0, 0.05) is 0 Å². The van der Waals surface area contributed by atoms with Gasteiger partial charge >= 0.3 is 7.60 Å². The number of unbranched alkanes of at least 4 members (excludes halogenated alkanes) is 3. The van der Waals surface area contributed by atoms with E-state index in [9.17, 15) is 14.4 Å². The smallest absolute Gasteiger partial charge is 0.324 e. The Labute approximate surface area is 163 Å². The average Bonchev–Trinajstić information content (AvgIpc) is 2.60. The van der Waals surface area contributed by atoms with Gasteiger partial charge in [-0.1, -0.05) is 98.8 Å². The van der Waals surface area contributed by atoms with E-state index in [-0.39, 0.29) is 5.92 Å². The van der Waals surface area contributed by atoms with Gasteiger partial charge in [-0.15, -0.1) is 0 Å². The first-order chi connectivity index (χ1) is 12.3. The Kier molecular flexibility index (Phi) is 15.2. The summed E-state index contributed by atoms with van der Waals surface area (Å²) in [6.45, 7) is 11.0. The Morgan fingerprint density at radius 3 is 1.38 bits per heavy atom. The van der Waals surface area contributed by atoms with E-state index in [1.54, 1.807) is 0 Å². The summed E-state index contributed by atoms with van der Waals surface area (Å²) in [6, 6.07) is 0. The van der Waals surface area contributed by atoms with Crippen molar-refractivity contribution in [3.8, 4) is 0 Å². The predicted molar refractivity (Wildman–Crippen MR) is 115 cm³/mol. The molecule has 0 bridgehead atoms. The molecule has 3 unspecified atom stereocenters. The van der Waals surface area contributed by atoms with Gasteiger partial charge in [0.15, 0.2) is 0 Å². The van der Waals surface area contributed by atoms with Crippen molar-refractivity contribution in [3.63, 3.8) is 0 Å². The fourth-order valence-electron chi connectivity index (χ4n) is 4.32. The molecule has 0 amide bonds. The molecule has 0 radical (unpaired) electrons. The lowest BCUT2D eigenvalue weighted by molar-refractivity contribution is 0.236. The fourth-order valence-corrected chi connectivity index (χ4v) is 5.63. The highest BCUT2D eigenvalue weighted by Crippen LogP contribution is 2.51. The van der Waals surface area contributed by atoms with E-state index in [2.05, 4.69) is 34.6 Å². The van der Waals surface area contributed by atoms with Crippen LogP contribution in [0.2, 0.25) is 0 Å². The Balaban J connectivity index is 5.33. The molecule has 0 saturated carbocycles. The van der Waals surface area contributed by atoms with Gasteiger partial charge in [-0.05, 0) is 37.0 Å². The molecule has 0 aliphatic heterocycles. The van der Waals surface area contributed by atoms with Crippen LogP contribution in [0.15, 0.2) is 0 Å². The maximum absolute atomic E-state index is 12.3. The zero-order chi connectivity index (χ0) is 20.0. The van der Waals surface area contributed by atoms with E-state index in [1.807, 2.05) is 0 Å². The van der Waals surface area contributed by atoms with Crippen molar-refractivity contribution in [3.05, 3.63) is 0 Å². The van der Waals surface area contributed by atoms with Crippen molar-refractivity contribution < 1.29 is 14.4 Å². The summed E-state index contributed by atoms with van der Waals surface area (Å²) in [6.07, 6.45) is 14.1. The Morgan fingerprint density at radius 2 is 1.08 bits per heavy atom. The normalized spacial score (nSPS) is 17.0. The van der Waals surface area contributed by atoms with Crippen LogP contribution in [-0.2, 0) is 4.57 Å². The van der Waals surface area contributed by atoms with E-state index < -0.39 is 13.3 Å². The molecule has 0 aliphatic rings. The molecule has 158 valence electrons. The van der Waals surface area contributed by atoms with Crippen LogP contribution in [0.25, 0.3) is 0 Å². The summed E-state index contributed by atoms with van der Waals surface area (Å²) < 4.78 is 12.3. The molecule has 0 aromatic rings. The summed E-state index contributed by atoms with van der Waals surface area (Å²) in [7, 11) is -4.05. The molecule has 2 N–H and O–H groups in total. The predicted octanol–water partition coefficient (Wildman–Crippen LogP) is 7.55. The lowest BCUT2D eigenvalue weighted by atomic mass is 9.79. The van der Waals surface area contributed by atoms with Gasteiger partial charge in [0.2, 0.25) is 0 Å². The van der Waals surface area contributed by atoms with Crippen molar-refractivity contribution in [2.24, 2.45) is 17.8 Å². The molecule has 0 spiro atoms.